The quantitative estimate of drug-likeness (QED) is 0.778. The van der Waals surface area contributed by atoms with Gasteiger partial charge in [-0.25, -0.2) is 0 Å². The topological polar surface area (TPSA) is 38.3 Å². The molecule has 2 aromatic rings. The first-order chi connectivity index (χ1) is 11.3. The number of amides is 1. The van der Waals surface area contributed by atoms with Crippen LogP contribution < -0.4 is 10.1 Å². The fourth-order valence-corrected chi connectivity index (χ4v) is 2.56. The van der Waals surface area contributed by atoms with Gasteiger partial charge in [-0.2, -0.15) is 0 Å². The monoisotopic (exact) mass is 345 g/mol. The van der Waals surface area contributed by atoms with Crippen LogP contribution in [0.4, 0.5) is 5.69 Å². The van der Waals surface area contributed by atoms with Crippen LogP contribution in [0.15, 0.2) is 36.4 Å². The summed E-state index contributed by atoms with van der Waals surface area (Å²) in [5.41, 5.74) is 3.84. The van der Waals surface area contributed by atoms with Crippen LogP contribution in [-0.4, -0.2) is 12.0 Å². The van der Waals surface area contributed by atoms with Crippen molar-refractivity contribution in [3.63, 3.8) is 0 Å². The number of aryl methyl sites for hydroxylation is 2. The highest BCUT2D eigenvalue weighted by Gasteiger charge is 2.18. The summed E-state index contributed by atoms with van der Waals surface area (Å²) in [5.74, 6) is 0.882. The van der Waals surface area contributed by atoms with Gasteiger partial charge in [0.15, 0.2) is 6.10 Å². The third-order valence-electron chi connectivity index (χ3n) is 3.90. The van der Waals surface area contributed by atoms with Gasteiger partial charge < -0.3 is 10.1 Å². The zero-order valence-corrected chi connectivity index (χ0v) is 15.6. The highest BCUT2D eigenvalue weighted by Crippen LogP contribution is 2.28. The Hall–Kier alpha value is -2.00. The van der Waals surface area contributed by atoms with Crippen LogP contribution in [-0.2, 0) is 4.79 Å². The molecule has 0 aliphatic heterocycles. The number of rotatable bonds is 5. The van der Waals surface area contributed by atoms with Crippen molar-refractivity contribution in [1.82, 2.24) is 0 Å². The van der Waals surface area contributed by atoms with E-state index in [4.69, 9.17) is 16.3 Å². The van der Waals surface area contributed by atoms with Crippen molar-refractivity contribution in [3.8, 4) is 5.75 Å². The predicted molar refractivity (Wildman–Crippen MR) is 100 cm³/mol. The number of halogens is 1. The minimum absolute atomic E-state index is 0.203. The summed E-state index contributed by atoms with van der Waals surface area (Å²) < 4.78 is 5.93. The Labute approximate surface area is 149 Å². The van der Waals surface area contributed by atoms with Crippen molar-refractivity contribution in [1.29, 1.82) is 0 Å². The fraction of sp³-hybridized carbons (Fsp3) is 0.350. The van der Waals surface area contributed by atoms with Crippen molar-refractivity contribution in [2.45, 2.75) is 46.6 Å². The number of hydrogen-bond donors (Lipinski definition) is 1. The molecular weight excluding hydrogens is 322 g/mol. The predicted octanol–water partition coefficient (Wildman–Crippen LogP) is 5.49. The summed E-state index contributed by atoms with van der Waals surface area (Å²) in [7, 11) is 0. The lowest BCUT2D eigenvalue weighted by Gasteiger charge is -2.19. The average molecular weight is 346 g/mol. The van der Waals surface area contributed by atoms with E-state index in [0.29, 0.717) is 16.6 Å². The van der Waals surface area contributed by atoms with E-state index >= 15 is 0 Å². The maximum atomic E-state index is 12.4. The van der Waals surface area contributed by atoms with Crippen LogP contribution in [0.1, 0.15) is 43.4 Å². The minimum atomic E-state index is -0.607. The first-order valence-corrected chi connectivity index (χ1v) is 8.50. The lowest BCUT2D eigenvalue weighted by atomic mass is 10.0. The van der Waals surface area contributed by atoms with Gasteiger partial charge in [0.25, 0.3) is 5.91 Å². The van der Waals surface area contributed by atoms with Gasteiger partial charge in [-0.05, 0) is 61.6 Å². The largest absolute Gasteiger partial charge is 0.481 e. The van der Waals surface area contributed by atoms with E-state index in [-0.39, 0.29) is 5.91 Å². The molecule has 1 N–H and O–H groups in total. The van der Waals surface area contributed by atoms with Crippen LogP contribution in [0.3, 0.4) is 0 Å². The average Bonchev–Trinajstić information content (AvgIpc) is 2.50. The molecule has 1 unspecified atom stereocenters. The number of carbonyl (C=O) groups is 1. The Morgan fingerprint density at radius 3 is 2.42 bits per heavy atom. The minimum Gasteiger partial charge on any atom is -0.481 e. The summed E-state index contributed by atoms with van der Waals surface area (Å²) in [6.45, 7) is 9.89. The van der Waals surface area contributed by atoms with E-state index in [0.717, 1.165) is 22.4 Å². The second kappa shape index (κ2) is 7.71. The molecule has 0 fully saturated rings. The molecule has 0 bridgehead atoms. The number of nitrogens with one attached hydrogen (secondary N) is 1. The Kier molecular flexibility index (Phi) is 5.89. The molecule has 128 valence electrons. The van der Waals surface area contributed by atoms with Crippen molar-refractivity contribution < 1.29 is 9.53 Å². The smallest absolute Gasteiger partial charge is 0.265 e. The third kappa shape index (κ3) is 4.51. The summed E-state index contributed by atoms with van der Waals surface area (Å²) in [6, 6.07) is 11.5. The Bertz CT molecular complexity index is 740. The molecule has 0 aromatic heterocycles. The molecule has 1 amide bonds. The molecule has 1 atom stereocenters. The highest BCUT2D eigenvalue weighted by molar-refractivity contribution is 6.31. The van der Waals surface area contributed by atoms with Crippen LogP contribution in [0, 0.1) is 13.8 Å². The number of carbonyl (C=O) groups excluding carboxylic acids is 1. The maximum absolute atomic E-state index is 12.4. The van der Waals surface area contributed by atoms with E-state index in [2.05, 4.69) is 31.3 Å². The van der Waals surface area contributed by atoms with Gasteiger partial charge in [-0.15, -0.1) is 0 Å². The van der Waals surface area contributed by atoms with Gasteiger partial charge in [0.2, 0.25) is 0 Å². The zero-order chi connectivity index (χ0) is 17.9. The Balaban J connectivity index is 2.11. The Morgan fingerprint density at radius 1 is 1.08 bits per heavy atom. The van der Waals surface area contributed by atoms with Crippen LogP contribution in [0.2, 0.25) is 5.02 Å². The first kappa shape index (κ1) is 18.3. The number of ether oxygens (including phenoxy) is 1. The first-order valence-electron chi connectivity index (χ1n) is 8.12. The van der Waals surface area contributed by atoms with E-state index in [1.165, 1.54) is 0 Å². The second-order valence-corrected chi connectivity index (χ2v) is 6.82. The standard InChI is InChI=1S/C20H24ClNO2/c1-12(2)17-9-6-13(3)10-19(17)24-15(5)20(23)22-16-8-7-14(4)18(21)11-16/h6-12,15H,1-5H3,(H,22,23). The molecule has 0 saturated carbocycles. The third-order valence-corrected chi connectivity index (χ3v) is 4.31. The van der Waals surface area contributed by atoms with Crippen molar-refractivity contribution >= 4 is 23.2 Å². The van der Waals surface area contributed by atoms with Gasteiger partial charge in [0, 0.05) is 10.7 Å². The van der Waals surface area contributed by atoms with E-state index < -0.39 is 6.10 Å². The number of hydrogen-bond acceptors (Lipinski definition) is 2. The summed E-state index contributed by atoms with van der Waals surface area (Å²) in [4.78, 5) is 12.4. The van der Waals surface area contributed by atoms with Crippen molar-refractivity contribution in [2.24, 2.45) is 0 Å². The number of benzene rings is 2. The van der Waals surface area contributed by atoms with E-state index in [1.807, 2.05) is 32.0 Å². The van der Waals surface area contributed by atoms with E-state index in [9.17, 15) is 4.79 Å². The van der Waals surface area contributed by atoms with Crippen molar-refractivity contribution in [3.05, 3.63) is 58.1 Å². The van der Waals surface area contributed by atoms with Crippen molar-refractivity contribution in [2.75, 3.05) is 5.32 Å². The highest BCUT2D eigenvalue weighted by atomic mass is 35.5. The normalized spacial score (nSPS) is 12.1. The molecule has 0 spiro atoms. The molecule has 24 heavy (non-hydrogen) atoms. The molecular formula is C20H24ClNO2. The summed E-state index contributed by atoms with van der Waals surface area (Å²) >= 11 is 6.10. The zero-order valence-electron chi connectivity index (χ0n) is 14.8. The molecule has 4 heteroatoms. The lowest BCUT2D eigenvalue weighted by molar-refractivity contribution is -0.122. The molecule has 2 aromatic carbocycles. The molecule has 2 rings (SSSR count). The van der Waals surface area contributed by atoms with Crippen LogP contribution in [0.25, 0.3) is 0 Å². The van der Waals surface area contributed by atoms with Crippen LogP contribution >= 0.6 is 11.6 Å². The number of anilines is 1. The van der Waals surface area contributed by atoms with E-state index in [1.54, 1.807) is 13.0 Å². The van der Waals surface area contributed by atoms with Gasteiger partial charge in [-0.1, -0.05) is 43.6 Å². The van der Waals surface area contributed by atoms with Crippen LogP contribution in [0.5, 0.6) is 5.75 Å². The fourth-order valence-electron chi connectivity index (χ4n) is 2.38. The lowest BCUT2D eigenvalue weighted by Crippen LogP contribution is -2.30. The molecule has 0 aliphatic rings. The van der Waals surface area contributed by atoms with Gasteiger partial charge >= 0.3 is 0 Å². The molecule has 0 radical (unpaired) electrons. The molecule has 3 nitrogen and oxygen atoms in total. The summed E-state index contributed by atoms with van der Waals surface area (Å²) in [5, 5.41) is 3.47. The molecule has 0 aliphatic carbocycles. The Morgan fingerprint density at radius 2 is 1.79 bits per heavy atom. The SMILES string of the molecule is Cc1ccc(C(C)C)c(OC(C)C(=O)Nc2ccc(C)c(Cl)c2)c1. The molecule has 0 heterocycles. The van der Waals surface area contributed by atoms with Gasteiger partial charge in [-0.3, -0.25) is 4.79 Å². The summed E-state index contributed by atoms with van der Waals surface area (Å²) in [6.07, 6.45) is -0.607. The molecule has 0 saturated heterocycles. The van der Waals surface area contributed by atoms with Gasteiger partial charge in [0.05, 0.1) is 0 Å². The second-order valence-electron chi connectivity index (χ2n) is 6.41. The van der Waals surface area contributed by atoms with Gasteiger partial charge in [0.1, 0.15) is 5.75 Å². The maximum Gasteiger partial charge on any atom is 0.265 e.